The van der Waals surface area contributed by atoms with Crippen molar-refractivity contribution in [1.29, 1.82) is 0 Å². The molecular weight excluding hydrogens is 174 g/mol. The van der Waals surface area contributed by atoms with E-state index in [1.54, 1.807) is 0 Å². The van der Waals surface area contributed by atoms with Gasteiger partial charge in [0.25, 0.3) is 0 Å². The molecule has 0 aromatic carbocycles. The van der Waals surface area contributed by atoms with Gasteiger partial charge in [-0.1, -0.05) is 19.4 Å². The number of nitrogens with two attached hydrogens (primary N) is 1. The molecule has 0 saturated carbocycles. The highest BCUT2D eigenvalue weighted by molar-refractivity contribution is 5.09. The second kappa shape index (κ2) is 5.73. The summed E-state index contributed by atoms with van der Waals surface area (Å²) in [6, 6.07) is 6.25. The number of pyridine rings is 1. The predicted molar refractivity (Wildman–Crippen MR) is 58.9 cm³/mol. The molecule has 0 spiro atoms. The van der Waals surface area contributed by atoms with Crippen molar-refractivity contribution >= 4 is 0 Å². The third-order valence-electron chi connectivity index (χ3n) is 2.62. The van der Waals surface area contributed by atoms with Gasteiger partial charge in [-0.3, -0.25) is 4.98 Å². The smallest absolute Gasteiger partial charge is 0.0576 e. The van der Waals surface area contributed by atoms with E-state index in [0.29, 0.717) is 12.5 Å². The van der Waals surface area contributed by atoms with E-state index in [0.717, 1.165) is 12.1 Å². The highest BCUT2D eigenvalue weighted by Crippen LogP contribution is 2.21. The fourth-order valence-electron chi connectivity index (χ4n) is 1.72. The van der Waals surface area contributed by atoms with Crippen molar-refractivity contribution in [2.45, 2.75) is 19.4 Å². The van der Waals surface area contributed by atoms with Crippen molar-refractivity contribution < 1.29 is 0 Å². The molecule has 0 aliphatic rings. The fourth-order valence-corrected chi connectivity index (χ4v) is 1.72. The Balaban J connectivity index is 2.81. The highest BCUT2D eigenvalue weighted by Gasteiger charge is 2.19. The van der Waals surface area contributed by atoms with Gasteiger partial charge in [0, 0.05) is 6.20 Å². The Morgan fingerprint density at radius 1 is 1.50 bits per heavy atom. The van der Waals surface area contributed by atoms with Crippen LogP contribution in [-0.2, 0) is 0 Å². The van der Waals surface area contributed by atoms with E-state index in [4.69, 9.17) is 5.73 Å². The first-order valence-corrected chi connectivity index (χ1v) is 5.11. The topological polar surface area (TPSA) is 50.9 Å². The lowest BCUT2D eigenvalue weighted by atomic mass is 9.94. The third kappa shape index (κ3) is 2.53. The Kier molecular flexibility index (Phi) is 4.56. The summed E-state index contributed by atoms with van der Waals surface area (Å²) in [4.78, 5) is 4.35. The quantitative estimate of drug-likeness (QED) is 0.741. The normalized spacial score (nSPS) is 15.1. The van der Waals surface area contributed by atoms with Gasteiger partial charge in [0.15, 0.2) is 0 Å². The van der Waals surface area contributed by atoms with E-state index >= 15 is 0 Å². The molecule has 1 rings (SSSR count). The van der Waals surface area contributed by atoms with Crippen LogP contribution in [0.5, 0.6) is 0 Å². The zero-order valence-corrected chi connectivity index (χ0v) is 8.90. The molecule has 0 amide bonds. The first-order chi connectivity index (χ1) is 6.83. The van der Waals surface area contributed by atoms with E-state index in [1.807, 2.05) is 31.4 Å². The van der Waals surface area contributed by atoms with E-state index in [2.05, 4.69) is 17.2 Å². The molecule has 78 valence electrons. The maximum atomic E-state index is 5.73. The van der Waals surface area contributed by atoms with Gasteiger partial charge in [0.2, 0.25) is 0 Å². The van der Waals surface area contributed by atoms with E-state index in [1.165, 1.54) is 0 Å². The maximum absolute atomic E-state index is 5.73. The molecule has 2 unspecified atom stereocenters. The van der Waals surface area contributed by atoms with Crippen molar-refractivity contribution in [2.24, 2.45) is 11.7 Å². The van der Waals surface area contributed by atoms with Crippen LogP contribution in [0.1, 0.15) is 25.1 Å². The van der Waals surface area contributed by atoms with E-state index < -0.39 is 0 Å². The number of hydrogen-bond acceptors (Lipinski definition) is 3. The van der Waals surface area contributed by atoms with Crippen molar-refractivity contribution in [2.75, 3.05) is 13.6 Å². The molecule has 0 fully saturated rings. The van der Waals surface area contributed by atoms with Crippen LogP contribution in [0, 0.1) is 5.92 Å². The average Bonchev–Trinajstić information content (AvgIpc) is 2.27. The van der Waals surface area contributed by atoms with Gasteiger partial charge >= 0.3 is 0 Å². The monoisotopic (exact) mass is 193 g/mol. The Morgan fingerprint density at radius 3 is 2.71 bits per heavy atom. The lowest BCUT2D eigenvalue weighted by molar-refractivity contribution is 0.371. The van der Waals surface area contributed by atoms with Crippen LogP contribution in [0.15, 0.2) is 24.4 Å². The summed E-state index contributed by atoms with van der Waals surface area (Å²) in [5.74, 6) is 0.454. The first kappa shape index (κ1) is 11.1. The molecule has 14 heavy (non-hydrogen) atoms. The van der Waals surface area contributed by atoms with Crippen LogP contribution in [0.25, 0.3) is 0 Å². The Hall–Kier alpha value is -0.930. The lowest BCUT2D eigenvalue weighted by Crippen LogP contribution is -2.30. The van der Waals surface area contributed by atoms with Crippen LogP contribution >= 0.6 is 0 Å². The van der Waals surface area contributed by atoms with Crippen molar-refractivity contribution in [3.63, 3.8) is 0 Å². The minimum atomic E-state index is 0.270. The fraction of sp³-hybridized carbons (Fsp3) is 0.545. The van der Waals surface area contributed by atoms with Crippen LogP contribution < -0.4 is 11.1 Å². The van der Waals surface area contributed by atoms with Crippen LogP contribution in [0.2, 0.25) is 0 Å². The van der Waals surface area contributed by atoms with Gasteiger partial charge in [-0.15, -0.1) is 0 Å². The number of nitrogens with one attached hydrogen (secondary N) is 1. The van der Waals surface area contributed by atoms with E-state index in [-0.39, 0.29) is 6.04 Å². The van der Waals surface area contributed by atoms with Crippen LogP contribution in [-0.4, -0.2) is 18.6 Å². The number of rotatable bonds is 5. The van der Waals surface area contributed by atoms with Crippen molar-refractivity contribution in [3.05, 3.63) is 30.1 Å². The minimum absolute atomic E-state index is 0.270. The second-order valence-corrected chi connectivity index (χ2v) is 3.42. The predicted octanol–water partition coefficient (Wildman–Crippen LogP) is 1.33. The standard InChI is InChI=1S/C11H19N3/c1-3-9(8-12)11(13-2)10-6-4-5-7-14-10/h4-7,9,11,13H,3,8,12H2,1-2H3. The van der Waals surface area contributed by atoms with Gasteiger partial charge in [-0.2, -0.15) is 0 Å². The number of hydrogen-bond donors (Lipinski definition) is 2. The van der Waals surface area contributed by atoms with Gasteiger partial charge in [0.05, 0.1) is 11.7 Å². The van der Waals surface area contributed by atoms with Crippen molar-refractivity contribution in [3.8, 4) is 0 Å². The molecule has 0 aliphatic carbocycles. The summed E-state index contributed by atoms with van der Waals surface area (Å²) in [7, 11) is 1.96. The number of nitrogens with zero attached hydrogens (tertiary/aromatic N) is 1. The highest BCUT2D eigenvalue weighted by atomic mass is 14.9. The average molecular weight is 193 g/mol. The Labute approximate surface area is 85.7 Å². The molecule has 1 aromatic rings. The lowest BCUT2D eigenvalue weighted by Gasteiger charge is -2.23. The van der Waals surface area contributed by atoms with Crippen molar-refractivity contribution in [1.82, 2.24) is 10.3 Å². The molecule has 0 aliphatic heterocycles. The SMILES string of the molecule is CCC(CN)C(NC)c1ccccn1. The molecule has 0 saturated heterocycles. The van der Waals surface area contributed by atoms with E-state index in [9.17, 15) is 0 Å². The summed E-state index contributed by atoms with van der Waals surface area (Å²) in [6.45, 7) is 2.85. The molecule has 3 nitrogen and oxygen atoms in total. The van der Waals surface area contributed by atoms with Gasteiger partial charge in [-0.25, -0.2) is 0 Å². The summed E-state index contributed by atoms with van der Waals surface area (Å²) >= 11 is 0. The molecule has 3 heteroatoms. The second-order valence-electron chi connectivity index (χ2n) is 3.42. The molecule has 3 N–H and O–H groups in total. The number of aromatic nitrogens is 1. The van der Waals surface area contributed by atoms with Gasteiger partial charge < -0.3 is 11.1 Å². The molecule has 1 aromatic heterocycles. The molecule has 2 atom stereocenters. The Bertz CT molecular complexity index is 244. The largest absolute Gasteiger partial charge is 0.330 e. The molecular formula is C11H19N3. The minimum Gasteiger partial charge on any atom is -0.330 e. The molecule has 0 bridgehead atoms. The molecule has 0 radical (unpaired) electrons. The first-order valence-electron chi connectivity index (χ1n) is 5.11. The zero-order chi connectivity index (χ0) is 10.4. The third-order valence-corrected chi connectivity index (χ3v) is 2.62. The maximum Gasteiger partial charge on any atom is 0.0576 e. The van der Waals surface area contributed by atoms with Crippen LogP contribution in [0.4, 0.5) is 0 Å². The Morgan fingerprint density at radius 2 is 2.29 bits per heavy atom. The van der Waals surface area contributed by atoms with Gasteiger partial charge in [0.1, 0.15) is 0 Å². The molecule has 1 heterocycles. The summed E-state index contributed by atoms with van der Waals surface area (Å²) < 4.78 is 0. The summed E-state index contributed by atoms with van der Waals surface area (Å²) in [5.41, 5.74) is 6.81. The van der Waals surface area contributed by atoms with Crippen LogP contribution in [0.3, 0.4) is 0 Å². The summed E-state index contributed by atoms with van der Waals surface area (Å²) in [5, 5.41) is 3.28. The summed E-state index contributed by atoms with van der Waals surface area (Å²) in [6.07, 6.45) is 2.89. The zero-order valence-electron chi connectivity index (χ0n) is 8.90. The van der Waals surface area contributed by atoms with Gasteiger partial charge in [-0.05, 0) is 31.6 Å².